The Hall–Kier alpha value is -3.27. The van der Waals surface area contributed by atoms with E-state index in [2.05, 4.69) is 0 Å². The smallest absolute Gasteiger partial charge is 0.350 e. The van der Waals surface area contributed by atoms with Gasteiger partial charge >= 0.3 is 5.97 Å². The summed E-state index contributed by atoms with van der Waals surface area (Å²) in [7, 11) is 1.15. The molecular formula is C27H24O7S2. The third-order valence-electron chi connectivity index (χ3n) is 5.70. The van der Waals surface area contributed by atoms with E-state index in [0.29, 0.717) is 48.4 Å². The predicted molar refractivity (Wildman–Crippen MR) is 137 cm³/mol. The zero-order valence-electron chi connectivity index (χ0n) is 19.5. The summed E-state index contributed by atoms with van der Waals surface area (Å²) >= 11 is 0.973. The lowest BCUT2D eigenvalue weighted by Crippen LogP contribution is -2.45. The summed E-state index contributed by atoms with van der Waals surface area (Å²) in [6.45, 7) is 0. The van der Waals surface area contributed by atoms with Crippen molar-refractivity contribution in [2.45, 2.75) is 30.5 Å². The molecule has 1 fully saturated rings. The average Bonchev–Trinajstić information content (AvgIpc) is 3.63. The number of ether oxygens (including phenoxy) is 2. The maximum absolute atomic E-state index is 13.5. The molecule has 1 saturated heterocycles. The van der Waals surface area contributed by atoms with Crippen molar-refractivity contribution in [3.05, 3.63) is 96.6 Å². The summed E-state index contributed by atoms with van der Waals surface area (Å²) in [5, 5.41) is -1.37. The van der Waals surface area contributed by atoms with Gasteiger partial charge in [-0.15, -0.1) is 0 Å². The van der Waals surface area contributed by atoms with Crippen LogP contribution in [-0.4, -0.2) is 34.5 Å². The van der Waals surface area contributed by atoms with Crippen LogP contribution in [0.15, 0.2) is 91.0 Å². The Balaban J connectivity index is 1.55. The van der Waals surface area contributed by atoms with Crippen LogP contribution >= 0.6 is 24.1 Å². The van der Waals surface area contributed by atoms with Gasteiger partial charge in [-0.3, -0.25) is 9.59 Å². The summed E-state index contributed by atoms with van der Waals surface area (Å²) < 4.78 is 21.8. The highest BCUT2D eigenvalue weighted by molar-refractivity contribution is 8.11. The van der Waals surface area contributed by atoms with E-state index in [1.165, 1.54) is 0 Å². The van der Waals surface area contributed by atoms with Gasteiger partial charge in [0.25, 0.3) is 15.8 Å². The van der Waals surface area contributed by atoms with E-state index in [0.717, 1.165) is 12.7 Å². The molecule has 2 atom stereocenters. The number of aryl methyl sites for hydroxylation is 1. The maximum Gasteiger partial charge on any atom is 0.350 e. The summed E-state index contributed by atoms with van der Waals surface area (Å²) in [4.78, 5) is 39.7. The van der Waals surface area contributed by atoms with Crippen LogP contribution in [0.3, 0.4) is 0 Å². The molecule has 1 heterocycles. The van der Waals surface area contributed by atoms with E-state index in [4.69, 9.17) is 17.8 Å². The minimum atomic E-state index is -2.14. The molecule has 0 unspecified atom stereocenters. The zero-order chi connectivity index (χ0) is 25.4. The molecule has 1 aliphatic rings. The highest BCUT2D eigenvalue weighted by Crippen LogP contribution is 2.57. The zero-order valence-corrected chi connectivity index (χ0v) is 21.1. The maximum atomic E-state index is 13.5. The lowest BCUT2D eigenvalue weighted by molar-refractivity contribution is -0.149. The third kappa shape index (κ3) is 5.43. The summed E-state index contributed by atoms with van der Waals surface area (Å²) in [6, 6.07) is 27.1. The van der Waals surface area contributed by atoms with Gasteiger partial charge in [-0.05, 0) is 49.1 Å². The van der Waals surface area contributed by atoms with Crippen molar-refractivity contribution in [2.24, 2.45) is 0 Å². The molecule has 3 aromatic carbocycles. The number of benzene rings is 3. The molecule has 186 valence electrons. The van der Waals surface area contributed by atoms with E-state index >= 15 is 0 Å². The summed E-state index contributed by atoms with van der Waals surface area (Å²) in [6.07, 6.45) is 1.22. The molecule has 0 radical (unpaired) electrons. The molecule has 0 saturated carbocycles. The summed E-state index contributed by atoms with van der Waals surface area (Å²) in [5.74, 6) is -0.0861. The van der Waals surface area contributed by atoms with Crippen LogP contribution in [0.2, 0.25) is 0 Å². The van der Waals surface area contributed by atoms with Gasteiger partial charge in [0.1, 0.15) is 35.6 Å². The molecule has 9 heteroatoms. The molecule has 0 N–H and O–H groups in total. The van der Waals surface area contributed by atoms with E-state index in [9.17, 15) is 14.4 Å². The van der Waals surface area contributed by atoms with Crippen LogP contribution in [0, 0.1) is 0 Å². The SMILES string of the molecule is COC(=O)[C@@]1(C(=O)SOc2ccccc2)O[C@@]1(CCCc1ccccc1)C(=O)SOc1ccccc1. The first-order chi connectivity index (χ1) is 17.5. The van der Waals surface area contributed by atoms with E-state index in [1.54, 1.807) is 54.6 Å². The molecule has 0 aliphatic carbocycles. The van der Waals surface area contributed by atoms with Crippen molar-refractivity contribution in [1.82, 2.24) is 0 Å². The third-order valence-corrected chi connectivity index (χ3v) is 7.17. The average molecular weight is 525 g/mol. The summed E-state index contributed by atoms with van der Waals surface area (Å²) in [5.41, 5.74) is -2.83. The van der Waals surface area contributed by atoms with E-state index in [-0.39, 0.29) is 6.42 Å². The Kier molecular flexibility index (Phi) is 8.35. The van der Waals surface area contributed by atoms with Crippen LogP contribution in [0.1, 0.15) is 18.4 Å². The Morgan fingerprint density at radius 3 is 1.78 bits per heavy atom. The van der Waals surface area contributed by atoms with Gasteiger partial charge in [-0.1, -0.05) is 66.7 Å². The van der Waals surface area contributed by atoms with Crippen LogP contribution in [-0.2, 0) is 30.3 Å². The van der Waals surface area contributed by atoms with Gasteiger partial charge < -0.3 is 17.8 Å². The van der Waals surface area contributed by atoms with Gasteiger partial charge in [0.15, 0.2) is 5.60 Å². The molecule has 0 spiro atoms. The van der Waals surface area contributed by atoms with Crippen molar-refractivity contribution in [3.63, 3.8) is 0 Å². The highest BCUT2D eigenvalue weighted by atomic mass is 32.2. The Bertz CT molecular complexity index is 1190. The molecule has 0 aromatic heterocycles. The molecule has 1 aliphatic heterocycles. The number of hydrogen-bond acceptors (Lipinski definition) is 9. The van der Waals surface area contributed by atoms with Gasteiger partial charge in [0.05, 0.1) is 7.11 Å². The minimum Gasteiger partial charge on any atom is -0.466 e. The number of methoxy groups -OCH3 is 1. The number of carbonyl (C=O) groups is 3. The van der Waals surface area contributed by atoms with Crippen LogP contribution in [0.25, 0.3) is 0 Å². The van der Waals surface area contributed by atoms with Gasteiger partial charge in [-0.2, -0.15) is 0 Å². The topological polar surface area (TPSA) is 91.4 Å². The second-order valence-corrected chi connectivity index (χ2v) is 9.38. The normalized spacial score (nSPS) is 20.2. The fraction of sp³-hybridized carbons (Fsp3) is 0.222. The lowest BCUT2D eigenvalue weighted by atomic mass is 9.89. The van der Waals surface area contributed by atoms with Crippen molar-refractivity contribution in [3.8, 4) is 11.5 Å². The first-order valence-electron chi connectivity index (χ1n) is 11.2. The fourth-order valence-corrected chi connectivity index (χ4v) is 5.22. The molecule has 4 rings (SSSR count). The fourth-order valence-electron chi connectivity index (χ4n) is 3.83. The number of carbonyl (C=O) groups excluding carboxylic acids is 3. The van der Waals surface area contributed by atoms with Gasteiger partial charge in [-0.25, -0.2) is 4.79 Å². The number of rotatable bonds is 11. The van der Waals surface area contributed by atoms with Crippen molar-refractivity contribution in [2.75, 3.05) is 7.11 Å². The first kappa shape index (κ1) is 25.8. The highest BCUT2D eigenvalue weighted by Gasteiger charge is 2.84. The van der Waals surface area contributed by atoms with Gasteiger partial charge in [0, 0.05) is 0 Å². The van der Waals surface area contributed by atoms with E-state index in [1.807, 2.05) is 36.4 Å². The lowest BCUT2D eigenvalue weighted by Gasteiger charge is -2.16. The monoisotopic (exact) mass is 524 g/mol. The Morgan fingerprint density at radius 2 is 1.25 bits per heavy atom. The number of para-hydroxylation sites is 2. The second kappa shape index (κ2) is 11.6. The largest absolute Gasteiger partial charge is 0.466 e. The molecule has 36 heavy (non-hydrogen) atoms. The van der Waals surface area contributed by atoms with Crippen LogP contribution < -0.4 is 8.37 Å². The van der Waals surface area contributed by atoms with Crippen LogP contribution in [0.5, 0.6) is 11.5 Å². The van der Waals surface area contributed by atoms with Gasteiger partial charge in [0.2, 0.25) is 0 Å². The molecule has 0 amide bonds. The predicted octanol–water partition coefficient (Wildman–Crippen LogP) is 5.20. The van der Waals surface area contributed by atoms with Crippen molar-refractivity contribution in [1.29, 1.82) is 0 Å². The first-order valence-corrected chi connectivity index (χ1v) is 12.7. The number of esters is 1. The number of hydrogen-bond donors (Lipinski definition) is 0. The van der Waals surface area contributed by atoms with Crippen LogP contribution in [0.4, 0.5) is 0 Å². The Labute approximate surface area is 217 Å². The minimum absolute atomic E-state index is 0.110. The number of epoxide rings is 1. The molecular weight excluding hydrogens is 500 g/mol. The molecule has 0 bridgehead atoms. The van der Waals surface area contributed by atoms with E-state index < -0.39 is 27.4 Å². The molecule has 7 nitrogen and oxygen atoms in total. The molecule has 3 aromatic rings. The Morgan fingerprint density at radius 1 is 0.750 bits per heavy atom. The van der Waals surface area contributed by atoms with Crippen molar-refractivity contribution < 1.29 is 32.2 Å². The quantitative estimate of drug-likeness (QED) is 0.145. The standard InChI is InChI=1S/C27H24O7S2/c1-31-23(28)27(25(30)36-33-22-17-9-4-10-18-22)26(34-27,19-11-14-20-12-5-2-6-13-20)24(29)35-32-21-15-7-3-8-16-21/h2-10,12-13,15-18H,11,14,19H2,1H3/t26-,27-/m0/s1. The van der Waals surface area contributed by atoms with Crippen molar-refractivity contribution >= 4 is 40.3 Å². The second-order valence-electron chi connectivity index (χ2n) is 7.98.